The van der Waals surface area contributed by atoms with Crippen LogP contribution < -0.4 is 10.9 Å². The van der Waals surface area contributed by atoms with Crippen molar-refractivity contribution >= 4 is 22.6 Å². The van der Waals surface area contributed by atoms with Crippen molar-refractivity contribution in [3.05, 3.63) is 46.5 Å². The number of rotatable bonds is 4. The number of amides is 1. The van der Waals surface area contributed by atoms with E-state index in [0.29, 0.717) is 0 Å². The summed E-state index contributed by atoms with van der Waals surface area (Å²) < 4.78 is 43.5. The molecule has 3 aromatic rings. The van der Waals surface area contributed by atoms with Crippen LogP contribution in [0.4, 0.5) is 18.9 Å². The fraction of sp³-hybridized carbons (Fsp3) is 0.200. The maximum absolute atomic E-state index is 12.3. The molecule has 0 atom stereocenters. The van der Waals surface area contributed by atoms with Gasteiger partial charge in [-0.15, -0.1) is 0 Å². The summed E-state index contributed by atoms with van der Waals surface area (Å²) in [6, 6.07) is 3.11. The smallest absolute Gasteiger partial charge is 0.464 e. The number of aromatic amines is 1. The second-order valence-corrected chi connectivity index (χ2v) is 5.12. The first-order chi connectivity index (χ1) is 12.3. The summed E-state index contributed by atoms with van der Waals surface area (Å²) in [7, 11) is 0. The molecule has 134 valence electrons. The number of hydrogen-bond donors (Lipinski definition) is 2. The van der Waals surface area contributed by atoms with Gasteiger partial charge in [-0.25, -0.2) is 9.83 Å². The van der Waals surface area contributed by atoms with Crippen LogP contribution in [0, 0.1) is 6.57 Å². The average molecular weight is 365 g/mol. The molecule has 1 amide bonds. The minimum absolute atomic E-state index is 0.00570. The summed E-state index contributed by atoms with van der Waals surface area (Å²) in [5, 5.41) is 1.73. The van der Waals surface area contributed by atoms with Crippen LogP contribution in [0.2, 0.25) is 0 Å². The lowest BCUT2D eigenvalue weighted by molar-refractivity contribution is -0.173. The highest BCUT2D eigenvalue weighted by atomic mass is 19.4. The first-order valence-electron chi connectivity index (χ1n) is 7.21. The van der Waals surface area contributed by atoms with Gasteiger partial charge in [0.1, 0.15) is 16.8 Å². The lowest BCUT2D eigenvalue weighted by Crippen LogP contribution is -2.38. The zero-order chi connectivity index (χ0) is 18.9. The van der Waals surface area contributed by atoms with Crippen molar-refractivity contribution < 1.29 is 22.4 Å². The first kappa shape index (κ1) is 17.3. The molecule has 0 radical (unpaired) electrons. The zero-order valence-electron chi connectivity index (χ0n) is 12.9. The number of carbonyl (C=O) groups is 1. The number of furan rings is 1. The number of aromatic nitrogens is 3. The zero-order valence-corrected chi connectivity index (χ0v) is 12.9. The highest BCUT2D eigenvalue weighted by Crippen LogP contribution is 2.38. The molecule has 2 N–H and O–H groups in total. The third-order valence-electron chi connectivity index (χ3n) is 3.56. The van der Waals surface area contributed by atoms with E-state index in [1.54, 1.807) is 17.4 Å². The molecule has 0 aliphatic heterocycles. The molecule has 8 nitrogen and oxygen atoms in total. The van der Waals surface area contributed by atoms with Gasteiger partial charge in [-0.1, -0.05) is 0 Å². The molecule has 0 unspecified atom stereocenters. The number of halogens is 3. The van der Waals surface area contributed by atoms with Crippen molar-refractivity contribution in [2.45, 2.75) is 12.7 Å². The maximum Gasteiger partial charge on any atom is 0.471 e. The highest BCUT2D eigenvalue weighted by Gasteiger charge is 2.38. The molecule has 0 bridgehead atoms. The first-order valence-corrected chi connectivity index (χ1v) is 7.21. The Hall–Kier alpha value is -3.55. The Morgan fingerprint density at radius 2 is 2.23 bits per heavy atom. The molecule has 3 aromatic heterocycles. The molecule has 0 aromatic carbocycles. The fourth-order valence-corrected chi connectivity index (χ4v) is 2.54. The Bertz CT molecular complexity index is 1060. The SMILES string of the molecule is [C-]#[N+]c1c(-c2ccco2)n(CCNC(=O)C(F)(F)F)c2c(=O)[nH]cnc12. The summed E-state index contributed by atoms with van der Waals surface area (Å²) in [4.78, 5) is 32.9. The van der Waals surface area contributed by atoms with E-state index < -0.39 is 24.2 Å². The molecular weight excluding hydrogens is 355 g/mol. The van der Waals surface area contributed by atoms with Crippen LogP contribution in [-0.2, 0) is 11.3 Å². The van der Waals surface area contributed by atoms with Crippen LogP contribution in [0.5, 0.6) is 0 Å². The molecule has 0 saturated heterocycles. The lowest BCUT2D eigenvalue weighted by Gasteiger charge is -2.11. The third-order valence-corrected chi connectivity index (χ3v) is 3.56. The largest absolute Gasteiger partial charge is 0.471 e. The van der Waals surface area contributed by atoms with Gasteiger partial charge in [-0.05, 0) is 12.1 Å². The molecule has 0 saturated carbocycles. The lowest BCUT2D eigenvalue weighted by atomic mass is 10.3. The van der Waals surface area contributed by atoms with Gasteiger partial charge >= 0.3 is 12.1 Å². The van der Waals surface area contributed by atoms with Crippen LogP contribution in [-0.4, -0.2) is 33.2 Å². The Kier molecular flexibility index (Phi) is 4.25. The number of hydrogen-bond acceptors (Lipinski definition) is 4. The Labute approximate surface area is 143 Å². The quantitative estimate of drug-likeness (QED) is 0.693. The van der Waals surface area contributed by atoms with Crippen molar-refractivity contribution in [3.63, 3.8) is 0 Å². The molecule has 0 spiro atoms. The monoisotopic (exact) mass is 365 g/mol. The van der Waals surface area contributed by atoms with E-state index >= 15 is 0 Å². The second kappa shape index (κ2) is 6.40. The van der Waals surface area contributed by atoms with E-state index in [2.05, 4.69) is 14.8 Å². The summed E-state index contributed by atoms with van der Waals surface area (Å²) in [5.74, 6) is -1.85. The maximum atomic E-state index is 12.3. The van der Waals surface area contributed by atoms with Crippen LogP contribution >= 0.6 is 0 Å². The van der Waals surface area contributed by atoms with Crippen LogP contribution in [0.25, 0.3) is 27.3 Å². The molecule has 26 heavy (non-hydrogen) atoms. The van der Waals surface area contributed by atoms with E-state index in [9.17, 15) is 22.8 Å². The van der Waals surface area contributed by atoms with Gasteiger partial charge in [0.2, 0.25) is 5.69 Å². The number of alkyl halides is 3. The molecule has 0 aliphatic rings. The van der Waals surface area contributed by atoms with Crippen LogP contribution in [0.15, 0.2) is 33.9 Å². The summed E-state index contributed by atoms with van der Waals surface area (Å²) in [6.45, 7) is 6.77. The van der Waals surface area contributed by atoms with Gasteiger partial charge in [-0.2, -0.15) is 13.2 Å². The predicted molar refractivity (Wildman–Crippen MR) is 83.4 cm³/mol. The third kappa shape index (κ3) is 2.92. The molecule has 11 heteroatoms. The topological polar surface area (TPSA) is 97.3 Å². The average Bonchev–Trinajstić information content (AvgIpc) is 3.20. The van der Waals surface area contributed by atoms with Crippen molar-refractivity contribution in [2.24, 2.45) is 0 Å². The number of nitrogens with one attached hydrogen (secondary N) is 2. The number of nitrogens with zero attached hydrogens (tertiary/aromatic N) is 3. The van der Waals surface area contributed by atoms with Crippen molar-refractivity contribution in [1.82, 2.24) is 19.9 Å². The van der Waals surface area contributed by atoms with Gasteiger partial charge in [0.15, 0.2) is 0 Å². The molecule has 0 aliphatic carbocycles. The summed E-state index contributed by atoms with van der Waals surface area (Å²) in [5.41, 5.74) is -0.239. The van der Waals surface area contributed by atoms with Crippen LogP contribution in [0.1, 0.15) is 0 Å². The molecule has 3 rings (SSSR count). The molecule has 3 heterocycles. The predicted octanol–water partition coefficient (Wildman–Crippen LogP) is 2.21. The Balaban J connectivity index is 2.09. The van der Waals surface area contributed by atoms with Gasteiger partial charge in [-0.3, -0.25) is 9.59 Å². The van der Waals surface area contributed by atoms with Gasteiger partial charge in [0.25, 0.3) is 5.56 Å². The van der Waals surface area contributed by atoms with E-state index in [-0.39, 0.29) is 34.7 Å². The van der Waals surface area contributed by atoms with E-state index in [0.717, 1.165) is 6.33 Å². The summed E-state index contributed by atoms with van der Waals surface area (Å²) in [6.07, 6.45) is -2.53. The van der Waals surface area contributed by atoms with E-state index in [1.807, 2.05) is 0 Å². The second-order valence-electron chi connectivity index (χ2n) is 5.12. The van der Waals surface area contributed by atoms with Gasteiger partial charge in [0.05, 0.1) is 24.9 Å². The molecular formula is C15H10F3N5O3. The number of fused-ring (bicyclic) bond motifs is 1. The number of carbonyl (C=O) groups excluding carboxylic acids is 1. The Morgan fingerprint density at radius 1 is 1.46 bits per heavy atom. The van der Waals surface area contributed by atoms with Gasteiger partial charge < -0.3 is 19.3 Å². The van der Waals surface area contributed by atoms with Crippen molar-refractivity contribution in [3.8, 4) is 11.5 Å². The Morgan fingerprint density at radius 3 is 2.85 bits per heavy atom. The van der Waals surface area contributed by atoms with Gasteiger partial charge in [0, 0.05) is 13.1 Å². The van der Waals surface area contributed by atoms with Crippen molar-refractivity contribution in [2.75, 3.05) is 6.54 Å². The number of H-pyrrole nitrogens is 1. The minimum Gasteiger partial charge on any atom is -0.464 e. The standard InChI is InChI=1S/C15H10F3N5O3/c1-19-9-10-12(13(24)22-7-21-10)23(11(9)8-3-2-6-26-8)5-4-20-14(25)15(16,17)18/h2-3,6-7H,4-5H2,(H,20,25)(H,21,22,24). The normalized spacial score (nSPS) is 11.5. The summed E-state index contributed by atoms with van der Waals surface area (Å²) >= 11 is 0. The van der Waals surface area contributed by atoms with Crippen LogP contribution in [0.3, 0.4) is 0 Å². The van der Waals surface area contributed by atoms with E-state index in [1.165, 1.54) is 10.8 Å². The molecule has 0 fully saturated rings. The van der Waals surface area contributed by atoms with E-state index in [4.69, 9.17) is 11.0 Å². The van der Waals surface area contributed by atoms with Crippen molar-refractivity contribution in [1.29, 1.82) is 0 Å². The highest BCUT2D eigenvalue weighted by molar-refractivity contribution is 5.98. The minimum atomic E-state index is -5.01. The fourth-order valence-electron chi connectivity index (χ4n) is 2.54.